The molecule has 0 aromatic rings. The van der Waals surface area contributed by atoms with Crippen molar-refractivity contribution in [1.29, 1.82) is 0 Å². The van der Waals surface area contributed by atoms with Crippen LogP contribution in [0.4, 0.5) is 0 Å². The highest BCUT2D eigenvalue weighted by Gasteiger charge is 2.17. The van der Waals surface area contributed by atoms with Crippen LogP contribution in [0.25, 0.3) is 0 Å². The van der Waals surface area contributed by atoms with E-state index >= 15 is 0 Å². The van der Waals surface area contributed by atoms with Gasteiger partial charge in [-0.3, -0.25) is 0 Å². The Bertz CT molecular complexity index is 103. The third-order valence-corrected chi connectivity index (χ3v) is 6.54. The van der Waals surface area contributed by atoms with E-state index in [4.69, 9.17) is 4.12 Å². The van der Waals surface area contributed by atoms with E-state index < -0.39 is 17.4 Å². The number of nitrogens with one attached hydrogen (secondary N) is 1. The van der Waals surface area contributed by atoms with Crippen LogP contribution in [-0.2, 0) is 4.12 Å². The molecule has 0 aliphatic carbocycles. The van der Waals surface area contributed by atoms with Gasteiger partial charge in [0.05, 0.1) is 0 Å². The maximum atomic E-state index is 5.96. The van der Waals surface area contributed by atoms with Crippen LogP contribution in [0, 0.1) is 0 Å². The lowest BCUT2D eigenvalue weighted by atomic mass is 10.8. The van der Waals surface area contributed by atoms with E-state index in [1.807, 2.05) is 0 Å². The van der Waals surface area contributed by atoms with Crippen molar-refractivity contribution in [2.45, 2.75) is 33.1 Å². The summed E-state index contributed by atoms with van der Waals surface area (Å²) in [7, 11) is -2.14. The number of rotatable bonds is 5. The quantitative estimate of drug-likeness (QED) is 0.662. The molecule has 0 radical (unpaired) electrons. The van der Waals surface area contributed by atoms with Crippen LogP contribution in [0.3, 0.4) is 0 Å². The topological polar surface area (TPSA) is 21.3 Å². The Morgan fingerprint density at radius 1 is 1.36 bits per heavy atom. The van der Waals surface area contributed by atoms with Gasteiger partial charge in [0.1, 0.15) is 0 Å². The molecule has 68 valence electrons. The highest BCUT2D eigenvalue weighted by atomic mass is 28.4. The van der Waals surface area contributed by atoms with Crippen molar-refractivity contribution in [2.75, 3.05) is 12.7 Å². The highest BCUT2D eigenvalue weighted by molar-refractivity contribution is 6.77. The fourth-order valence-corrected chi connectivity index (χ4v) is 6.85. The van der Waals surface area contributed by atoms with Crippen molar-refractivity contribution in [3.8, 4) is 0 Å². The molecule has 0 aromatic carbocycles. The van der Waals surface area contributed by atoms with E-state index in [-0.39, 0.29) is 0 Å². The molecule has 0 saturated carbocycles. The van der Waals surface area contributed by atoms with Crippen LogP contribution in [0.1, 0.15) is 6.92 Å². The van der Waals surface area contributed by atoms with E-state index in [1.54, 1.807) is 0 Å². The zero-order valence-corrected chi connectivity index (χ0v) is 10.6. The first-order valence-corrected chi connectivity index (χ1v) is 10.2. The van der Waals surface area contributed by atoms with Gasteiger partial charge in [-0.25, -0.2) is 0 Å². The van der Waals surface area contributed by atoms with Gasteiger partial charge in [0.25, 0.3) is 0 Å². The summed E-state index contributed by atoms with van der Waals surface area (Å²) < 4.78 is 5.96. The molecule has 0 fully saturated rings. The molecule has 11 heavy (non-hydrogen) atoms. The van der Waals surface area contributed by atoms with E-state index in [9.17, 15) is 0 Å². The smallest absolute Gasteiger partial charge is 0.173 e. The van der Waals surface area contributed by atoms with Gasteiger partial charge in [0, 0.05) is 6.17 Å². The van der Waals surface area contributed by atoms with Crippen molar-refractivity contribution in [3.05, 3.63) is 0 Å². The predicted molar refractivity (Wildman–Crippen MR) is 56.0 cm³/mol. The minimum Gasteiger partial charge on any atom is -0.457 e. The van der Waals surface area contributed by atoms with Crippen LogP contribution >= 0.6 is 0 Å². The minimum absolute atomic E-state index is 0.894. The Morgan fingerprint density at radius 3 is 2.27 bits per heavy atom. The summed E-state index contributed by atoms with van der Waals surface area (Å²) in [6.07, 6.45) is 1.11. The molecule has 0 bridgehead atoms. The standard InChI is InChI=1S/C7H21NOSi2/c1-6-8-7-10(2)9-11(3,4)5/h8,10H,6-7H2,1-5H3. The summed E-state index contributed by atoms with van der Waals surface area (Å²) in [5.74, 6) is 0. The molecule has 0 aliphatic heterocycles. The molecule has 4 heteroatoms. The van der Waals surface area contributed by atoms with Gasteiger partial charge in [-0.1, -0.05) is 6.92 Å². The van der Waals surface area contributed by atoms with E-state index in [0.29, 0.717) is 0 Å². The molecule has 0 amide bonds. The Hall–Kier alpha value is 0.354. The predicted octanol–water partition coefficient (Wildman–Crippen LogP) is 1.34. The number of hydrogen-bond donors (Lipinski definition) is 1. The molecule has 0 aliphatic rings. The fourth-order valence-electron chi connectivity index (χ4n) is 0.993. The normalized spacial score (nSPS) is 15.0. The Labute approximate surface area is 73.2 Å². The molecule has 2 nitrogen and oxygen atoms in total. The maximum Gasteiger partial charge on any atom is 0.173 e. The first-order chi connectivity index (χ1) is 4.95. The molecular weight excluding hydrogens is 170 g/mol. The lowest BCUT2D eigenvalue weighted by Gasteiger charge is -2.22. The molecule has 0 saturated heterocycles. The van der Waals surface area contributed by atoms with Crippen LogP contribution in [0.5, 0.6) is 0 Å². The summed E-state index contributed by atoms with van der Waals surface area (Å²) in [4.78, 5) is 0. The van der Waals surface area contributed by atoms with Gasteiger partial charge in [0.15, 0.2) is 17.4 Å². The lowest BCUT2D eigenvalue weighted by molar-refractivity contribution is 0.564. The molecule has 0 heterocycles. The molecule has 1 N–H and O–H groups in total. The van der Waals surface area contributed by atoms with Gasteiger partial charge in [0.2, 0.25) is 0 Å². The zero-order valence-electron chi connectivity index (χ0n) is 8.40. The zero-order chi connectivity index (χ0) is 8.91. The summed E-state index contributed by atoms with van der Waals surface area (Å²) in [6, 6.07) is 0. The monoisotopic (exact) mass is 191 g/mol. The van der Waals surface area contributed by atoms with Crippen molar-refractivity contribution in [2.24, 2.45) is 0 Å². The van der Waals surface area contributed by atoms with Crippen molar-refractivity contribution in [3.63, 3.8) is 0 Å². The van der Waals surface area contributed by atoms with Gasteiger partial charge >= 0.3 is 0 Å². The van der Waals surface area contributed by atoms with Crippen molar-refractivity contribution < 1.29 is 4.12 Å². The van der Waals surface area contributed by atoms with Crippen LogP contribution in [0.15, 0.2) is 0 Å². The molecule has 1 atom stereocenters. The lowest BCUT2D eigenvalue weighted by Crippen LogP contribution is -2.39. The third-order valence-electron chi connectivity index (χ3n) is 1.24. The van der Waals surface area contributed by atoms with Crippen LogP contribution in [0.2, 0.25) is 26.2 Å². The first kappa shape index (κ1) is 11.4. The molecule has 0 aromatic heterocycles. The molecule has 0 rings (SSSR count). The average Bonchev–Trinajstić information content (AvgIpc) is 1.79. The second-order valence-electron chi connectivity index (χ2n) is 3.85. The van der Waals surface area contributed by atoms with Crippen LogP contribution in [-0.4, -0.2) is 30.1 Å². The highest BCUT2D eigenvalue weighted by Crippen LogP contribution is 2.03. The average molecular weight is 191 g/mol. The van der Waals surface area contributed by atoms with Gasteiger partial charge < -0.3 is 9.43 Å². The molecular formula is C7H21NOSi2. The SMILES string of the molecule is CCNC[SiH](C)O[Si](C)(C)C. The fraction of sp³-hybridized carbons (Fsp3) is 1.00. The maximum absolute atomic E-state index is 5.96. The summed E-state index contributed by atoms with van der Waals surface area (Å²) in [6.45, 7) is 12.2. The second kappa shape index (κ2) is 5.08. The summed E-state index contributed by atoms with van der Waals surface area (Å²) in [5, 5.41) is 3.33. The Balaban J connectivity index is 3.44. The first-order valence-electron chi connectivity index (χ1n) is 4.34. The summed E-state index contributed by atoms with van der Waals surface area (Å²) >= 11 is 0. The van der Waals surface area contributed by atoms with E-state index in [1.165, 1.54) is 0 Å². The van der Waals surface area contributed by atoms with Crippen LogP contribution < -0.4 is 5.32 Å². The molecule has 0 spiro atoms. The van der Waals surface area contributed by atoms with Crippen molar-refractivity contribution >= 4 is 17.4 Å². The van der Waals surface area contributed by atoms with Crippen molar-refractivity contribution in [1.82, 2.24) is 5.32 Å². The Kier molecular flexibility index (Phi) is 5.24. The van der Waals surface area contributed by atoms with E-state index in [0.717, 1.165) is 12.7 Å². The van der Waals surface area contributed by atoms with E-state index in [2.05, 4.69) is 38.4 Å². The Morgan fingerprint density at radius 2 is 1.91 bits per heavy atom. The summed E-state index contributed by atoms with van der Waals surface area (Å²) in [5.41, 5.74) is 0. The molecule has 1 unspecified atom stereocenters. The minimum atomic E-state index is -1.25. The number of hydrogen-bond acceptors (Lipinski definition) is 2. The van der Waals surface area contributed by atoms with Gasteiger partial charge in [-0.2, -0.15) is 0 Å². The third kappa shape index (κ3) is 8.26. The second-order valence-corrected chi connectivity index (χ2v) is 11.0. The largest absolute Gasteiger partial charge is 0.457 e. The van der Waals surface area contributed by atoms with Gasteiger partial charge in [-0.05, 0) is 32.7 Å². The van der Waals surface area contributed by atoms with Gasteiger partial charge in [-0.15, -0.1) is 0 Å².